The summed E-state index contributed by atoms with van der Waals surface area (Å²) in [6, 6.07) is 23.1. The number of carbonyl (C=O) groups is 3. The number of nitrogens with zero attached hydrogens (tertiary/aromatic N) is 2. The molecule has 0 bridgehead atoms. The van der Waals surface area contributed by atoms with Gasteiger partial charge in [0.2, 0.25) is 0 Å². The topological polar surface area (TPSA) is 104 Å². The van der Waals surface area contributed by atoms with Gasteiger partial charge in [0.1, 0.15) is 11.8 Å². The average molecular weight is 568 g/mol. The van der Waals surface area contributed by atoms with Crippen LogP contribution in [0.1, 0.15) is 39.5 Å². The van der Waals surface area contributed by atoms with E-state index in [4.69, 9.17) is 15.3 Å². The lowest BCUT2D eigenvalue weighted by Gasteiger charge is -2.24. The lowest BCUT2D eigenvalue weighted by atomic mass is 10.1. The van der Waals surface area contributed by atoms with Gasteiger partial charge in [0.15, 0.2) is 0 Å². The number of primary amides is 1. The number of carbonyl (C=O) groups excluding carboxylic acids is 3. The fraction of sp³-hybridized carbons (Fsp3) is 0.156. The summed E-state index contributed by atoms with van der Waals surface area (Å²) in [6.07, 6.45) is 3.04. The predicted octanol–water partition coefficient (Wildman–Crippen LogP) is 6.67. The summed E-state index contributed by atoms with van der Waals surface area (Å²) < 4.78 is 8.01. The van der Waals surface area contributed by atoms with Crippen molar-refractivity contribution in [3.8, 4) is 5.75 Å². The molecule has 2 amide bonds. The van der Waals surface area contributed by atoms with Gasteiger partial charge in [-0.15, -0.1) is 16.4 Å². The molecule has 208 valence electrons. The monoisotopic (exact) mass is 567 g/mol. The van der Waals surface area contributed by atoms with Crippen molar-refractivity contribution < 1.29 is 24.0 Å². The van der Waals surface area contributed by atoms with Gasteiger partial charge < -0.3 is 15.3 Å². The molecule has 0 saturated heterocycles. The summed E-state index contributed by atoms with van der Waals surface area (Å²) >= 11 is 1.50. The fourth-order valence-corrected chi connectivity index (χ4v) is 5.93. The van der Waals surface area contributed by atoms with E-state index < -0.39 is 18.0 Å². The highest BCUT2D eigenvalue weighted by molar-refractivity contribution is 7.19. The molecular formula is C32H29N3O5S. The number of benzene rings is 3. The minimum absolute atomic E-state index is 0.193. The van der Waals surface area contributed by atoms with Crippen molar-refractivity contribution in [2.75, 3.05) is 7.11 Å². The molecule has 0 aliphatic heterocycles. The molecule has 5 rings (SSSR count). The first-order valence-electron chi connectivity index (χ1n) is 13.0. The van der Waals surface area contributed by atoms with Gasteiger partial charge in [-0.1, -0.05) is 48.5 Å². The maximum absolute atomic E-state index is 13.4. The highest BCUT2D eigenvalue weighted by Gasteiger charge is 2.27. The maximum atomic E-state index is 13.4. The van der Waals surface area contributed by atoms with Crippen LogP contribution in [0.4, 0.5) is 4.79 Å². The first-order valence-corrected chi connectivity index (χ1v) is 13.8. The molecule has 0 spiro atoms. The number of amides is 2. The SMILES string of the molecule is COc1ccc2c(c1)c(CC(=O)ON(C(N)=O)C(C)c1cc3ccccc3s1)c(C)n2C(=O)/C=C/c1ccccc1. The Morgan fingerprint density at radius 2 is 1.76 bits per heavy atom. The van der Waals surface area contributed by atoms with Crippen LogP contribution in [-0.4, -0.2) is 34.6 Å². The minimum atomic E-state index is -0.884. The summed E-state index contributed by atoms with van der Waals surface area (Å²) in [7, 11) is 1.55. The standard InChI is InChI=1S/C32H29N3O5S/c1-20-25(19-31(37)40-35(32(33)38)21(2)29-17-23-11-7-8-12-28(23)41-29)26-18-24(39-3)14-15-27(26)34(20)30(36)16-13-22-9-5-4-6-10-22/h4-18,21H,19H2,1-3H3,(H2,33,38)/b16-13+. The molecule has 1 atom stereocenters. The average Bonchev–Trinajstić information content (AvgIpc) is 3.53. The summed E-state index contributed by atoms with van der Waals surface area (Å²) in [6.45, 7) is 3.53. The Hall–Kier alpha value is -4.89. The lowest BCUT2D eigenvalue weighted by Crippen LogP contribution is -2.39. The fourth-order valence-electron chi connectivity index (χ4n) is 4.83. The molecule has 9 heteroatoms. The largest absolute Gasteiger partial charge is 0.497 e. The van der Waals surface area contributed by atoms with E-state index in [1.54, 1.807) is 49.8 Å². The Labute approximate surface area is 241 Å². The molecule has 3 aromatic carbocycles. The third-order valence-corrected chi connectivity index (χ3v) is 8.21. The summed E-state index contributed by atoms with van der Waals surface area (Å²) in [5, 5.41) is 2.59. The lowest BCUT2D eigenvalue weighted by molar-refractivity contribution is -0.182. The van der Waals surface area contributed by atoms with Crippen molar-refractivity contribution in [1.82, 2.24) is 9.63 Å². The van der Waals surface area contributed by atoms with Crippen molar-refractivity contribution in [1.29, 1.82) is 0 Å². The molecule has 0 radical (unpaired) electrons. The molecule has 2 aromatic heterocycles. The van der Waals surface area contributed by atoms with E-state index in [0.29, 0.717) is 27.9 Å². The molecular weight excluding hydrogens is 538 g/mol. The first kappa shape index (κ1) is 27.7. The zero-order valence-corrected chi connectivity index (χ0v) is 23.7. The Balaban J connectivity index is 1.44. The summed E-state index contributed by atoms with van der Waals surface area (Å²) in [5.74, 6) is -0.374. The van der Waals surface area contributed by atoms with Crippen LogP contribution >= 0.6 is 11.3 Å². The van der Waals surface area contributed by atoms with Crippen molar-refractivity contribution in [2.24, 2.45) is 5.73 Å². The third kappa shape index (κ3) is 5.71. The normalized spacial score (nSPS) is 12.1. The zero-order valence-electron chi connectivity index (χ0n) is 22.9. The number of allylic oxidation sites excluding steroid dienone is 1. The van der Waals surface area contributed by atoms with E-state index in [0.717, 1.165) is 25.6 Å². The number of aromatic nitrogens is 1. The van der Waals surface area contributed by atoms with E-state index in [1.165, 1.54) is 17.4 Å². The van der Waals surface area contributed by atoms with Crippen molar-refractivity contribution in [3.63, 3.8) is 0 Å². The van der Waals surface area contributed by atoms with Crippen LogP contribution in [0.2, 0.25) is 0 Å². The van der Waals surface area contributed by atoms with E-state index in [-0.39, 0.29) is 12.3 Å². The Morgan fingerprint density at radius 1 is 1.02 bits per heavy atom. The van der Waals surface area contributed by atoms with Gasteiger partial charge >= 0.3 is 12.0 Å². The molecule has 2 N–H and O–H groups in total. The van der Waals surface area contributed by atoms with Crippen LogP contribution in [0.15, 0.2) is 84.9 Å². The van der Waals surface area contributed by atoms with Crippen LogP contribution in [0.3, 0.4) is 0 Å². The van der Waals surface area contributed by atoms with Gasteiger partial charge in [0.05, 0.1) is 19.0 Å². The number of urea groups is 1. The zero-order chi connectivity index (χ0) is 29.1. The van der Waals surface area contributed by atoms with Crippen LogP contribution in [0.25, 0.3) is 27.1 Å². The number of hydrogen-bond acceptors (Lipinski definition) is 6. The molecule has 0 aliphatic rings. The molecule has 1 unspecified atom stereocenters. The van der Waals surface area contributed by atoms with Gasteiger partial charge in [-0.3, -0.25) is 9.36 Å². The second-order valence-electron chi connectivity index (χ2n) is 9.53. The number of ether oxygens (including phenoxy) is 1. The van der Waals surface area contributed by atoms with Gasteiger partial charge in [0, 0.05) is 26.7 Å². The molecule has 0 fully saturated rings. The van der Waals surface area contributed by atoms with E-state index in [9.17, 15) is 14.4 Å². The predicted molar refractivity (Wildman–Crippen MR) is 161 cm³/mol. The van der Waals surface area contributed by atoms with E-state index in [2.05, 4.69) is 0 Å². The number of hydrogen-bond donors (Lipinski definition) is 1. The van der Waals surface area contributed by atoms with E-state index in [1.807, 2.05) is 60.7 Å². The molecule has 0 saturated carbocycles. The molecule has 8 nitrogen and oxygen atoms in total. The minimum Gasteiger partial charge on any atom is -0.497 e. The first-order chi connectivity index (χ1) is 19.8. The van der Waals surface area contributed by atoms with Gasteiger partial charge in [-0.2, -0.15) is 0 Å². The quantitative estimate of drug-likeness (QED) is 0.175. The smallest absolute Gasteiger partial charge is 0.348 e. The Morgan fingerprint density at radius 3 is 2.46 bits per heavy atom. The second kappa shape index (κ2) is 11.7. The Bertz CT molecular complexity index is 1750. The molecule has 0 aliphatic carbocycles. The highest BCUT2D eigenvalue weighted by atomic mass is 32.1. The van der Waals surface area contributed by atoms with Gasteiger partial charge in [-0.05, 0) is 66.8 Å². The van der Waals surface area contributed by atoms with Crippen LogP contribution < -0.4 is 10.5 Å². The van der Waals surface area contributed by atoms with Gasteiger partial charge in [-0.25, -0.2) is 9.59 Å². The Kier molecular flexibility index (Phi) is 7.89. The van der Waals surface area contributed by atoms with E-state index >= 15 is 0 Å². The number of nitrogens with two attached hydrogens (primary N) is 1. The van der Waals surface area contributed by atoms with Crippen LogP contribution in [-0.2, 0) is 16.1 Å². The number of hydroxylamine groups is 2. The van der Waals surface area contributed by atoms with Crippen molar-refractivity contribution in [3.05, 3.63) is 107 Å². The van der Waals surface area contributed by atoms with Crippen LogP contribution in [0, 0.1) is 6.92 Å². The summed E-state index contributed by atoms with van der Waals surface area (Å²) in [5.41, 5.74) is 8.32. The molecule has 5 aromatic rings. The number of fused-ring (bicyclic) bond motifs is 2. The second-order valence-corrected chi connectivity index (χ2v) is 10.6. The third-order valence-electron chi connectivity index (χ3n) is 6.93. The van der Waals surface area contributed by atoms with Crippen molar-refractivity contribution >= 4 is 56.3 Å². The highest BCUT2D eigenvalue weighted by Crippen LogP contribution is 2.34. The molecule has 2 heterocycles. The van der Waals surface area contributed by atoms with Crippen LogP contribution in [0.5, 0.6) is 5.75 Å². The maximum Gasteiger partial charge on any atom is 0.348 e. The number of rotatable bonds is 7. The number of methoxy groups -OCH3 is 1. The van der Waals surface area contributed by atoms with Gasteiger partial charge in [0.25, 0.3) is 5.91 Å². The summed E-state index contributed by atoms with van der Waals surface area (Å²) in [4.78, 5) is 45.4. The van der Waals surface area contributed by atoms with Crippen molar-refractivity contribution in [2.45, 2.75) is 26.3 Å². The number of thiophene rings is 1. The molecule has 41 heavy (non-hydrogen) atoms.